The molecule has 9 heteroatoms. The Morgan fingerprint density at radius 3 is 2.57 bits per heavy atom. The Bertz CT molecular complexity index is 1110. The number of halogens is 3. The van der Waals surface area contributed by atoms with Crippen molar-refractivity contribution in [3.05, 3.63) is 75.8 Å². The average molecular weight is 442 g/mol. The van der Waals surface area contributed by atoms with E-state index in [-0.39, 0.29) is 5.56 Å². The van der Waals surface area contributed by atoms with Gasteiger partial charge >= 0.3 is 0 Å². The van der Waals surface area contributed by atoms with Crippen molar-refractivity contribution < 1.29 is 23.0 Å². The van der Waals surface area contributed by atoms with Gasteiger partial charge in [-0.25, -0.2) is 8.78 Å². The van der Waals surface area contributed by atoms with E-state index in [1.807, 2.05) is 0 Å². The number of rotatable bonds is 5. The molecular weight excluding hydrogens is 427 g/mol. The first kappa shape index (κ1) is 20.7. The molecule has 4 nitrogen and oxygen atoms in total. The van der Waals surface area contributed by atoms with E-state index in [1.54, 1.807) is 23.6 Å². The third-order valence-electron chi connectivity index (χ3n) is 3.97. The fourth-order valence-electron chi connectivity index (χ4n) is 2.82. The lowest BCUT2D eigenvalue weighted by Gasteiger charge is -2.18. The van der Waals surface area contributed by atoms with Crippen molar-refractivity contribution in [2.45, 2.75) is 5.66 Å². The quantitative estimate of drug-likeness (QED) is 0.509. The van der Waals surface area contributed by atoms with Gasteiger partial charge in [0, 0.05) is 28.7 Å². The molecule has 2 unspecified atom stereocenters. The first-order valence-corrected chi connectivity index (χ1v) is 11.5. The lowest BCUT2D eigenvalue weighted by Crippen LogP contribution is -2.25. The molecule has 0 bridgehead atoms. The van der Waals surface area contributed by atoms with Crippen LogP contribution in [0.1, 0.15) is 16.8 Å². The lowest BCUT2D eigenvalue weighted by atomic mass is 10.1. The second-order valence-electron chi connectivity index (χ2n) is 6.22. The van der Waals surface area contributed by atoms with Gasteiger partial charge in [-0.1, -0.05) is 11.6 Å². The summed E-state index contributed by atoms with van der Waals surface area (Å²) in [7, 11) is -3.87. The van der Waals surface area contributed by atoms with Crippen molar-refractivity contribution in [3.63, 3.8) is 0 Å². The second-order valence-corrected chi connectivity index (χ2v) is 9.97. The van der Waals surface area contributed by atoms with Crippen LogP contribution in [0.3, 0.4) is 0 Å². The molecular formula is C19H15ClF2NO3PS. The molecule has 3 rings (SSSR count). The maximum atomic E-state index is 13.2. The normalized spacial score (nSPS) is 14.9. The van der Waals surface area contributed by atoms with Crippen LogP contribution in [-0.4, -0.2) is 17.5 Å². The number of nitrogens with one attached hydrogen (secondary N) is 1. The molecule has 0 aliphatic rings. The number of amides is 1. The summed E-state index contributed by atoms with van der Waals surface area (Å²) in [6.45, 7) is 1.11. The lowest BCUT2D eigenvalue weighted by molar-refractivity contribution is -0.120. The smallest absolute Gasteiger partial charge is 0.241 e. The third-order valence-corrected chi connectivity index (χ3v) is 6.66. The van der Waals surface area contributed by atoms with Crippen molar-refractivity contribution in [3.8, 4) is 0 Å². The van der Waals surface area contributed by atoms with E-state index < -0.39 is 30.6 Å². The van der Waals surface area contributed by atoms with Crippen LogP contribution >= 0.6 is 30.3 Å². The van der Waals surface area contributed by atoms with Gasteiger partial charge in [-0.05, 0) is 58.3 Å². The van der Waals surface area contributed by atoms with E-state index in [2.05, 4.69) is 5.32 Å². The predicted octanol–water partition coefficient (Wildman–Crippen LogP) is 5.56. The van der Waals surface area contributed by atoms with Crippen LogP contribution in [0.2, 0.25) is 5.02 Å². The molecule has 2 aromatic carbocycles. The van der Waals surface area contributed by atoms with Crippen molar-refractivity contribution in [2.24, 2.45) is 0 Å². The number of hydrogen-bond donors (Lipinski definition) is 2. The van der Waals surface area contributed by atoms with Crippen molar-refractivity contribution in [2.75, 3.05) is 6.66 Å². The Balaban J connectivity index is 1.89. The second kappa shape index (κ2) is 8.13. The number of hydrogen-bond acceptors (Lipinski definition) is 3. The monoisotopic (exact) mass is 441 g/mol. The highest BCUT2D eigenvalue weighted by atomic mass is 35.5. The minimum absolute atomic E-state index is 0.200. The summed E-state index contributed by atoms with van der Waals surface area (Å²) in [6.07, 6.45) is 2.47. The zero-order valence-electron chi connectivity index (χ0n) is 14.5. The maximum Gasteiger partial charge on any atom is 0.241 e. The first-order valence-electron chi connectivity index (χ1n) is 8.05. The minimum Gasteiger partial charge on any atom is -0.344 e. The molecule has 146 valence electrons. The molecule has 3 aromatic rings. The van der Waals surface area contributed by atoms with Crippen LogP contribution in [0.25, 0.3) is 16.2 Å². The Morgan fingerprint density at radius 2 is 1.93 bits per heavy atom. The van der Waals surface area contributed by atoms with Crippen LogP contribution in [0.15, 0.2) is 48.0 Å². The van der Waals surface area contributed by atoms with Crippen LogP contribution in [0, 0.1) is 11.6 Å². The molecule has 1 aromatic heterocycles. The van der Waals surface area contributed by atoms with Gasteiger partial charge in [-0.3, -0.25) is 9.36 Å². The molecule has 0 radical (unpaired) electrons. The number of thiophene rings is 1. The van der Waals surface area contributed by atoms with E-state index in [0.29, 0.717) is 16.0 Å². The zero-order valence-corrected chi connectivity index (χ0v) is 17.0. The highest BCUT2D eigenvalue weighted by molar-refractivity contribution is 7.58. The van der Waals surface area contributed by atoms with Gasteiger partial charge in [0.05, 0.1) is 0 Å². The van der Waals surface area contributed by atoms with Gasteiger partial charge < -0.3 is 10.2 Å². The molecule has 0 aliphatic heterocycles. The van der Waals surface area contributed by atoms with E-state index in [1.165, 1.54) is 23.6 Å². The summed E-state index contributed by atoms with van der Waals surface area (Å²) < 4.78 is 39.7. The molecule has 2 N–H and O–H groups in total. The van der Waals surface area contributed by atoms with Crippen LogP contribution in [0.4, 0.5) is 8.78 Å². The summed E-state index contributed by atoms with van der Waals surface area (Å²) in [5, 5.41) is 5.15. The summed E-state index contributed by atoms with van der Waals surface area (Å²) in [5.74, 6) is -2.21. The van der Waals surface area contributed by atoms with Gasteiger partial charge in [0.1, 0.15) is 17.3 Å². The van der Waals surface area contributed by atoms with Crippen molar-refractivity contribution in [1.29, 1.82) is 0 Å². The van der Waals surface area contributed by atoms with E-state index in [4.69, 9.17) is 11.6 Å². The molecule has 0 saturated heterocycles. The molecule has 0 saturated carbocycles. The third kappa shape index (κ3) is 4.67. The Hall–Kier alpha value is -2.05. The summed E-state index contributed by atoms with van der Waals surface area (Å²) in [4.78, 5) is 22.9. The average Bonchev–Trinajstić information content (AvgIpc) is 2.95. The number of carbonyl (C=O) groups is 1. The first-order chi connectivity index (χ1) is 13.1. The fourth-order valence-corrected chi connectivity index (χ4v) is 5.30. The standard InChI is InChI=1S/C19H15ClF2NO3PS/c1-27(25,26)18(16-10-28-17-3-2-12(20)8-15(16)17)19(24)23-5-4-11-6-13(21)9-14(22)7-11/h2-10,18H,1H3,(H,23,24)(H,25,26). The SMILES string of the molecule is CP(=O)(O)C(C(=O)NC=Cc1cc(F)cc(F)c1)c1csc2ccc(Cl)cc12. The van der Waals surface area contributed by atoms with Crippen LogP contribution in [-0.2, 0) is 9.36 Å². The van der Waals surface area contributed by atoms with Gasteiger partial charge in [0.25, 0.3) is 0 Å². The van der Waals surface area contributed by atoms with Crippen LogP contribution < -0.4 is 5.32 Å². The Labute approximate surface area is 168 Å². The molecule has 28 heavy (non-hydrogen) atoms. The van der Waals surface area contributed by atoms with Crippen molar-refractivity contribution >= 4 is 52.4 Å². The van der Waals surface area contributed by atoms with Gasteiger partial charge in [0.2, 0.25) is 13.3 Å². The minimum atomic E-state index is -3.87. The van der Waals surface area contributed by atoms with Gasteiger partial charge in [-0.2, -0.15) is 0 Å². The number of fused-ring (bicyclic) bond motifs is 1. The van der Waals surface area contributed by atoms with Crippen molar-refractivity contribution in [1.82, 2.24) is 5.32 Å². The molecule has 2 atom stereocenters. The molecule has 0 spiro atoms. The Morgan fingerprint density at radius 1 is 1.25 bits per heavy atom. The van der Waals surface area contributed by atoms with E-state index >= 15 is 0 Å². The van der Waals surface area contributed by atoms with Gasteiger partial charge in [0.15, 0.2) is 0 Å². The molecule has 0 fully saturated rings. The topological polar surface area (TPSA) is 66.4 Å². The Kier molecular flexibility index (Phi) is 6.01. The largest absolute Gasteiger partial charge is 0.344 e. The van der Waals surface area contributed by atoms with E-state index in [9.17, 15) is 23.0 Å². The number of benzene rings is 2. The zero-order chi connectivity index (χ0) is 20.5. The maximum absolute atomic E-state index is 13.2. The summed E-state index contributed by atoms with van der Waals surface area (Å²) in [5.41, 5.74) is -0.710. The number of carbonyl (C=O) groups excluding carboxylic acids is 1. The molecule has 1 heterocycles. The highest BCUT2D eigenvalue weighted by Crippen LogP contribution is 2.54. The van der Waals surface area contributed by atoms with Gasteiger partial charge in [-0.15, -0.1) is 11.3 Å². The molecule has 0 aliphatic carbocycles. The fraction of sp³-hybridized carbons (Fsp3) is 0.105. The van der Waals surface area contributed by atoms with E-state index in [0.717, 1.165) is 29.6 Å². The summed E-state index contributed by atoms with van der Waals surface area (Å²) >= 11 is 7.36. The van der Waals surface area contributed by atoms with Crippen LogP contribution in [0.5, 0.6) is 0 Å². The summed E-state index contributed by atoms with van der Waals surface area (Å²) in [6, 6.07) is 8.03. The highest BCUT2D eigenvalue weighted by Gasteiger charge is 2.36. The molecule has 1 amide bonds. The predicted molar refractivity (Wildman–Crippen MR) is 109 cm³/mol.